The number of carbonyl (C=O) groups excluding carboxylic acids is 2. The first kappa shape index (κ1) is 19.3. The lowest BCUT2D eigenvalue weighted by atomic mass is 10.0. The van der Waals surface area contributed by atoms with Gasteiger partial charge in [-0.15, -0.1) is 0 Å². The summed E-state index contributed by atoms with van der Waals surface area (Å²) in [5, 5.41) is 12.0. The van der Waals surface area contributed by atoms with E-state index >= 15 is 0 Å². The molecule has 28 heavy (non-hydrogen) atoms. The summed E-state index contributed by atoms with van der Waals surface area (Å²) in [6.07, 6.45) is 3.50. The van der Waals surface area contributed by atoms with Crippen molar-refractivity contribution in [3.8, 4) is 0 Å². The number of amides is 2. The zero-order valence-corrected chi connectivity index (χ0v) is 15.4. The topological polar surface area (TPSA) is 109 Å². The molecule has 2 heterocycles. The first-order valence-electron chi connectivity index (χ1n) is 8.99. The number of rotatable bonds is 4. The normalized spacial score (nSPS) is 16.5. The number of aliphatic carboxylic acids is 1. The molecule has 8 heteroatoms. The molecular formula is C20H21N3O5. The zero-order valence-electron chi connectivity index (χ0n) is 15.4. The molecule has 1 aliphatic heterocycles. The van der Waals surface area contributed by atoms with Gasteiger partial charge in [-0.2, -0.15) is 0 Å². The van der Waals surface area contributed by atoms with Crippen LogP contribution in [-0.4, -0.2) is 44.9 Å². The quantitative estimate of drug-likeness (QED) is 0.836. The van der Waals surface area contributed by atoms with Crippen molar-refractivity contribution in [3.63, 3.8) is 0 Å². The van der Waals surface area contributed by atoms with E-state index in [1.807, 2.05) is 0 Å². The Morgan fingerprint density at radius 2 is 1.93 bits per heavy atom. The summed E-state index contributed by atoms with van der Waals surface area (Å²) in [6.45, 7) is 0.381. The van der Waals surface area contributed by atoms with Crippen molar-refractivity contribution >= 4 is 23.5 Å². The van der Waals surface area contributed by atoms with Gasteiger partial charge in [0.05, 0.1) is 0 Å². The van der Waals surface area contributed by atoms with Crippen LogP contribution in [0.2, 0.25) is 0 Å². The highest BCUT2D eigenvalue weighted by Gasteiger charge is 2.32. The Balaban J connectivity index is 1.81. The second-order valence-electron chi connectivity index (χ2n) is 6.72. The molecule has 2 amide bonds. The summed E-state index contributed by atoms with van der Waals surface area (Å²) in [7, 11) is 1.55. The van der Waals surface area contributed by atoms with E-state index in [9.17, 15) is 24.3 Å². The number of benzene rings is 1. The van der Waals surface area contributed by atoms with Gasteiger partial charge in [0.15, 0.2) is 0 Å². The maximum Gasteiger partial charge on any atom is 0.326 e. The van der Waals surface area contributed by atoms with Gasteiger partial charge in [-0.25, -0.2) is 4.79 Å². The Bertz CT molecular complexity index is 982. The third-order valence-corrected chi connectivity index (χ3v) is 4.78. The van der Waals surface area contributed by atoms with Crippen LogP contribution < -0.4 is 10.9 Å². The Morgan fingerprint density at radius 3 is 2.68 bits per heavy atom. The third-order valence-electron chi connectivity index (χ3n) is 4.78. The van der Waals surface area contributed by atoms with Crippen LogP contribution in [0.3, 0.4) is 0 Å². The number of hydrogen-bond donors (Lipinski definition) is 2. The number of aromatic nitrogens is 1. The summed E-state index contributed by atoms with van der Waals surface area (Å²) >= 11 is 0. The van der Waals surface area contributed by atoms with Gasteiger partial charge in [0, 0.05) is 31.0 Å². The molecule has 2 aromatic rings. The van der Waals surface area contributed by atoms with Crippen molar-refractivity contribution in [3.05, 3.63) is 64.1 Å². The maximum atomic E-state index is 12.8. The van der Waals surface area contributed by atoms with Crippen molar-refractivity contribution in [2.75, 3.05) is 11.9 Å². The molecule has 2 N–H and O–H groups in total. The van der Waals surface area contributed by atoms with Gasteiger partial charge >= 0.3 is 5.97 Å². The fourth-order valence-electron chi connectivity index (χ4n) is 3.30. The largest absolute Gasteiger partial charge is 0.480 e. The molecule has 0 saturated carbocycles. The summed E-state index contributed by atoms with van der Waals surface area (Å²) in [5.74, 6) is -1.98. The lowest BCUT2D eigenvalue weighted by Crippen LogP contribution is -2.48. The van der Waals surface area contributed by atoms with Gasteiger partial charge < -0.3 is 19.9 Å². The average Bonchev–Trinajstić information content (AvgIpc) is 2.69. The molecule has 0 aliphatic carbocycles. The molecule has 1 saturated heterocycles. The molecule has 1 aliphatic rings. The number of carboxylic acid groups (broad SMARTS) is 1. The third kappa shape index (κ3) is 3.95. The Labute approximate surface area is 161 Å². The highest BCUT2D eigenvalue weighted by molar-refractivity contribution is 6.05. The number of carbonyl (C=O) groups is 3. The highest BCUT2D eigenvalue weighted by atomic mass is 16.4. The van der Waals surface area contributed by atoms with Crippen molar-refractivity contribution < 1.29 is 19.5 Å². The molecule has 1 aromatic heterocycles. The van der Waals surface area contributed by atoms with Gasteiger partial charge in [-0.3, -0.25) is 14.4 Å². The average molecular weight is 383 g/mol. The number of anilines is 1. The number of likely N-dealkylation sites (tertiary alicyclic amines) is 1. The fourth-order valence-corrected chi connectivity index (χ4v) is 3.30. The lowest BCUT2D eigenvalue weighted by Gasteiger charge is -2.33. The number of nitrogens with one attached hydrogen (secondary N) is 1. The van der Waals surface area contributed by atoms with E-state index in [1.165, 1.54) is 21.6 Å². The number of nitrogens with zero attached hydrogens (tertiary/aromatic N) is 2. The van der Waals surface area contributed by atoms with Crippen LogP contribution in [0, 0.1) is 0 Å². The van der Waals surface area contributed by atoms with Crippen LogP contribution >= 0.6 is 0 Å². The van der Waals surface area contributed by atoms with Gasteiger partial charge in [-0.1, -0.05) is 6.07 Å². The molecule has 146 valence electrons. The minimum absolute atomic E-state index is 0.0105. The van der Waals surface area contributed by atoms with E-state index in [4.69, 9.17) is 0 Å². The van der Waals surface area contributed by atoms with Crippen LogP contribution in [0.15, 0.2) is 47.4 Å². The predicted octanol–water partition coefficient (Wildman–Crippen LogP) is 1.72. The molecule has 1 fully saturated rings. The van der Waals surface area contributed by atoms with Gasteiger partial charge in [0.2, 0.25) is 0 Å². The molecule has 1 unspecified atom stereocenters. The van der Waals surface area contributed by atoms with E-state index in [0.717, 1.165) is 12.8 Å². The van der Waals surface area contributed by atoms with Crippen LogP contribution in [-0.2, 0) is 11.8 Å². The Morgan fingerprint density at radius 1 is 1.14 bits per heavy atom. The van der Waals surface area contributed by atoms with Crippen LogP contribution in [0.4, 0.5) is 5.69 Å². The van der Waals surface area contributed by atoms with E-state index in [0.29, 0.717) is 18.7 Å². The molecule has 0 bridgehead atoms. The predicted molar refractivity (Wildman–Crippen MR) is 102 cm³/mol. The monoisotopic (exact) mass is 383 g/mol. The number of carboxylic acids is 1. The molecule has 3 rings (SSSR count). The van der Waals surface area contributed by atoms with Crippen LogP contribution in [0.1, 0.15) is 40.0 Å². The smallest absolute Gasteiger partial charge is 0.326 e. The van der Waals surface area contributed by atoms with Crippen LogP contribution in [0.5, 0.6) is 0 Å². The summed E-state index contributed by atoms with van der Waals surface area (Å²) in [6, 6.07) is 8.45. The van der Waals surface area contributed by atoms with Crippen molar-refractivity contribution in [2.24, 2.45) is 7.05 Å². The summed E-state index contributed by atoms with van der Waals surface area (Å²) in [5.41, 5.74) is 0.200. The molecular weight excluding hydrogens is 362 g/mol. The molecule has 0 spiro atoms. The standard InChI is InChI=1S/C20H21N3O5/c1-22-10-5-8-15(19(22)26)17(24)21-14-7-4-6-13(12-14)18(25)23-11-3-2-9-16(23)20(27)28/h4-8,10,12,16H,2-3,9,11H2,1H3,(H,21,24)(H,27,28). The zero-order chi connectivity index (χ0) is 20.3. The van der Waals surface area contributed by atoms with E-state index in [2.05, 4.69) is 5.32 Å². The lowest BCUT2D eigenvalue weighted by molar-refractivity contribution is -0.143. The van der Waals surface area contributed by atoms with Crippen LogP contribution in [0.25, 0.3) is 0 Å². The minimum atomic E-state index is -1.02. The van der Waals surface area contributed by atoms with Gasteiger partial charge in [0.25, 0.3) is 17.4 Å². The highest BCUT2D eigenvalue weighted by Crippen LogP contribution is 2.21. The number of aryl methyl sites for hydroxylation is 1. The number of piperidine rings is 1. The second-order valence-corrected chi connectivity index (χ2v) is 6.72. The number of hydrogen-bond acceptors (Lipinski definition) is 4. The maximum absolute atomic E-state index is 12.8. The van der Waals surface area contributed by atoms with Crippen molar-refractivity contribution in [1.29, 1.82) is 0 Å². The summed E-state index contributed by atoms with van der Waals surface area (Å²) < 4.78 is 1.30. The Hall–Kier alpha value is -3.42. The van der Waals surface area contributed by atoms with Gasteiger partial charge in [0.1, 0.15) is 11.6 Å². The van der Waals surface area contributed by atoms with Crippen molar-refractivity contribution in [2.45, 2.75) is 25.3 Å². The molecule has 1 atom stereocenters. The second kappa shape index (κ2) is 8.08. The fraction of sp³-hybridized carbons (Fsp3) is 0.300. The molecule has 0 radical (unpaired) electrons. The minimum Gasteiger partial charge on any atom is -0.480 e. The molecule has 1 aromatic carbocycles. The molecule has 8 nitrogen and oxygen atoms in total. The first-order chi connectivity index (χ1) is 13.4. The van der Waals surface area contributed by atoms with E-state index < -0.39 is 23.5 Å². The van der Waals surface area contributed by atoms with Crippen molar-refractivity contribution in [1.82, 2.24) is 9.47 Å². The first-order valence-corrected chi connectivity index (χ1v) is 8.99. The summed E-state index contributed by atoms with van der Waals surface area (Å²) in [4.78, 5) is 50.1. The van der Waals surface area contributed by atoms with E-state index in [-0.39, 0.29) is 17.0 Å². The van der Waals surface area contributed by atoms with Gasteiger partial charge in [-0.05, 0) is 49.6 Å². The van der Waals surface area contributed by atoms with E-state index in [1.54, 1.807) is 37.5 Å². The SMILES string of the molecule is Cn1cccc(C(=O)Nc2cccc(C(=O)N3CCCCC3C(=O)O)c2)c1=O. The Kier molecular flexibility index (Phi) is 5.58. The number of pyridine rings is 1.